The van der Waals surface area contributed by atoms with Crippen molar-refractivity contribution in [3.8, 4) is 5.88 Å². The first kappa shape index (κ1) is 20.7. The molecule has 1 aliphatic rings. The number of aliphatic hydroxyl groups is 2. The summed E-state index contributed by atoms with van der Waals surface area (Å²) in [5.41, 5.74) is 11.4. The van der Waals surface area contributed by atoms with Crippen LogP contribution in [0.3, 0.4) is 0 Å². The molecule has 2 aromatic rings. The number of aromatic nitrogens is 2. The van der Waals surface area contributed by atoms with Gasteiger partial charge in [-0.1, -0.05) is 30.3 Å². The first-order valence-electron chi connectivity index (χ1n) is 8.83. The molecular weight excluding hydrogens is 384 g/mol. The van der Waals surface area contributed by atoms with Gasteiger partial charge >= 0.3 is 5.97 Å². The van der Waals surface area contributed by atoms with Gasteiger partial charge in [-0.05, 0) is 12.0 Å². The van der Waals surface area contributed by atoms with Crippen molar-refractivity contribution in [2.24, 2.45) is 11.5 Å². The minimum absolute atomic E-state index is 0.276. The van der Waals surface area contributed by atoms with Gasteiger partial charge in [0, 0.05) is 0 Å². The second kappa shape index (κ2) is 8.57. The average Bonchev–Trinajstić information content (AvgIpc) is 3.21. The predicted octanol–water partition coefficient (Wildman–Crippen LogP) is -1.58. The standard InChI is InChI=1S/C18H22N4O7/c19-10(6-9-4-2-1-3-5-9)18(27)28-7-11-13(23)14(24)17(29-11)22-8-21-12(15(20)25)16(22)26/h1-5,8,10-11,13-14,17,23-24,26H,6-7,19H2,(H2,20,25)/t10-,11+,13+,14+,17+/m0/s1. The molecule has 0 radical (unpaired) electrons. The van der Waals surface area contributed by atoms with E-state index in [1.54, 1.807) is 0 Å². The van der Waals surface area contributed by atoms with Crippen LogP contribution >= 0.6 is 0 Å². The molecule has 1 aliphatic heterocycles. The van der Waals surface area contributed by atoms with Gasteiger partial charge in [0.1, 0.15) is 37.3 Å². The summed E-state index contributed by atoms with van der Waals surface area (Å²) in [7, 11) is 0. The third-order valence-electron chi connectivity index (χ3n) is 4.60. The molecule has 1 saturated heterocycles. The minimum atomic E-state index is -1.47. The van der Waals surface area contributed by atoms with Crippen LogP contribution in [0.4, 0.5) is 0 Å². The first-order valence-corrected chi connectivity index (χ1v) is 8.83. The van der Waals surface area contributed by atoms with E-state index in [0.717, 1.165) is 16.5 Å². The van der Waals surface area contributed by atoms with E-state index in [2.05, 4.69) is 4.98 Å². The lowest BCUT2D eigenvalue weighted by Crippen LogP contribution is -2.38. The van der Waals surface area contributed by atoms with Crippen LogP contribution in [0.2, 0.25) is 0 Å². The molecule has 0 bridgehead atoms. The monoisotopic (exact) mass is 406 g/mol. The Bertz CT molecular complexity index is 872. The molecule has 2 heterocycles. The normalized spacial score (nSPS) is 24.9. The van der Waals surface area contributed by atoms with E-state index in [1.807, 2.05) is 30.3 Å². The second-order valence-corrected chi connectivity index (χ2v) is 6.66. The van der Waals surface area contributed by atoms with Crippen molar-refractivity contribution >= 4 is 11.9 Å². The number of amides is 1. The van der Waals surface area contributed by atoms with Crippen molar-refractivity contribution in [2.75, 3.05) is 6.61 Å². The van der Waals surface area contributed by atoms with E-state index >= 15 is 0 Å². The van der Waals surface area contributed by atoms with E-state index < -0.39 is 54.0 Å². The van der Waals surface area contributed by atoms with Crippen LogP contribution in [0.15, 0.2) is 36.7 Å². The number of benzene rings is 1. The molecule has 0 aliphatic carbocycles. The quantitative estimate of drug-likeness (QED) is 0.339. The van der Waals surface area contributed by atoms with E-state index in [0.29, 0.717) is 0 Å². The largest absolute Gasteiger partial charge is 0.493 e. The minimum Gasteiger partial charge on any atom is -0.493 e. The number of aromatic hydroxyl groups is 1. The van der Waals surface area contributed by atoms with Crippen molar-refractivity contribution in [2.45, 2.75) is 37.0 Å². The van der Waals surface area contributed by atoms with Gasteiger partial charge in [-0.3, -0.25) is 14.2 Å². The highest BCUT2D eigenvalue weighted by atomic mass is 16.6. The maximum Gasteiger partial charge on any atom is 0.323 e. The zero-order chi connectivity index (χ0) is 21.1. The SMILES string of the molecule is NC(=O)c1ncn([C@@H]2O[C@H](COC(=O)[C@@H](N)Cc3ccccc3)[C@@H](O)[C@H]2O)c1O. The maximum absolute atomic E-state index is 12.1. The van der Waals surface area contributed by atoms with Crippen LogP contribution in [0.25, 0.3) is 0 Å². The second-order valence-electron chi connectivity index (χ2n) is 6.66. The Morgan fingerprint density at radius 2 is 1.93 bits per heavy atom. The fourth-order valence-electron chi connectivity index (χ4n) is 3.03. The third kappa shape index (κ3) is 4.38. The number of carbonyl (C=O) groups excluding carboxylic acids is 2. The number of primary amides is 1. The maximum atomic E-state index is 12.1. The molecule has 1 amide bonds. The summed E-state index contributed by atoms with van der Waals surface area (Å²) < 4.78 is 11.6. The van der Waals surface area contributed by atoms with Gasteiger partial charge in [0.05, 0.1) is 0 Å². The molecule has 3 rings (SSSR count). The Labute approximate surface area is 165 Å². The molecule has 1 fully saturated rings. The lowest BCUT2D eigenvalue weighted by molar-refractivity contribution is -0.151. The van der Waals surface area contributed by atoms with Crippen molar-refractivity contribution in [3.63, 3.8) is 0 Å². The van der Waals surface area contributed by atoms with Gasteiger partial charge < -0.3 is 36.3 Å². The fourth-order valence-corrected chi connectivity index (χ4v) is 3.03. The number of carbonyl (C=O) groups is 2. The molecule has 0 spiro atoms. The third-order valence-corrected chi connectivity index (χ3v) is 4.60. The Morgan fingerprint density at radius 3 is 2.55 bits per heavy atom. The van der Waals surface area contributed by atoms with Gasteiger partial charge in [0.25, 0.3) is 5.91 Å². The first-order chi connectivity index (χ1) is 13.8. The smallest absolute Gasteiger partial charge is 0.323 e. The number of esters is 1. The molecule has 1 aromatic carbocycles. The van der Waals surface area contributed by atoms with Gasteiger partial charge in [0.15, 0.2) is 11.9 Å². The van der Waals surface area contributed by atoms with E-state index in [-0.39, 0.29) is 13.0 Å². The van der Waals surface area contributed by atoms with Crippen LogP contribution in [-0.2, 0) is 20.7 Å². The molecule has 7 N–H and O–H groups in total. The van der Waals surface area contributed by atoms with Crippen molar-refractivity contribution in [1.29, 1.82) is 0 Å². The summed E-state index contributed by atoms with van der Waals surface area (Å²) in [5.74, 6) is -2.27. The Morgan fingerprint density at radius 1 is 1.24 bits per heavy atom. The summed E-state index contributed by atoms with van der Waals surface area (Å²) in [6.45, 7) is -0.367. The summed E-state index contributed by atoms with van der Waals surface area (Å²) in [4.78, 5) is 27.0. The highest BCUT2D eigenvalue weighted by Gasteiger charge is 2.45. The topological polar surface area (TPSA) is 183 Å². The van der Waals surface area contributed by atoms with Crippen LogP contribution in [0.1, 0.15) is 22.3 Å². The van der Waals surface area contributed by atoms with Crippen LogP contribution in [0.5, 0.6) is 5.88 Å². The number of nitrogens with zero attached hydrogens (tertiary/aromatic N) is 2. The molecule has 11 nitrogen and oxygen atoms in total. The Kier molecular flexibility index (Phi) is 6.13. The molecule has 29 heavy (non-hydrogen) atoms. The Hall–Kier alpha value is -2.99. The van der Waals surface area contributed by atoms with E-state index in [9.17, 15) is 24.9 Å². The summed E-state index contributed by atoms with van der Waals surface area (Å²) >= 11 is 0. The lowest BCUT2D eigenvalue weighted by atomic mass is 10.1. The summed E-state index contributed by atoms with van der Waals surface area (Å²) in [6.07, 6.45) is -3.92. The molecule has 1 aromatic heterocycles. The highest BCUT2D eigenvalue weighted by molar-refractivity contribution is 5.93. The van der Waals surface area contributed by atoms with Gasteiger partial charge in [-0.25, -0.2) is 4.98 Å². The number of hydrogen-bond donors (Lipinski definition) is 5. The molecule has 11 heteroatoms. The van der Waals surface area contributed by atoms with Gasteiger partial charge in [0.2, 0.25) is 5.88 Å². The number of nitrogens with two attached hydrogens (primary N) is 2. The lowest BCUT2D eigenvalue weighted by Gasteiger charge is -2.17. The zero-order valence-corrected chi connectivity index (χ0v) is 15.3. The van der Waals surface area contributed by atoms with Crippen LogP contribution < -0.4 is 11.5 Å². The summed E-state index contributed by atoms with van der Waals surface area (Å²) in [5, 5.41) is 30.4. The zero-order valence-electron chi connectivity index (χ0n) is 15.3. The Balaban J connectivity index is 1.59. The molecule has 0 saturated carbocycles. The number of ether oxygens (including phenoxy) is 2. The van der Waals surface area contributed by atoms with Crippen LogP contribution in [0, 0.1) is 0 Å². The summed E-state index contributed by atoms with van der Waals surface area (Å²) in [6, 6.07) is 8.25. The highest BCUT2D eigenvalue weighted by Crippen LogP contribution is 2.33. The van der Waals surface area contributed by atoms with Crippen LogP contribution in [-0.4, -0.2) is 67.7 Å². The number of hydrogen-bond acceptors (Lipinski definition) is 9. The number of aliphatic hydroxyl groups excluding tert-OH is 2. The fraction of sp³-hybridized carbons (Fsp3) is 0.389. The van der Waals surface area contributed by atoms with Crippen molar-refractivity contribution < 1.29 is 34.4 Å². The molecular formula is C18H22N4O7. The van der Waals surface area contributed by atoms with Crippen molar-refractivity contribution in [3.05, 3.63) is 47.9 Å². The number of rotatable bonds is 7. The number of imidazole rings is 1. The molecule has 5 atom stereocenters. The predicted molar refractivity (Wildman–Crippen MR) is 97.4 cm³/mol. The van der Waals surface area contributed by atoms with Gasteiger partial charge in [-0.15, -0.1) is 0 Å². The van der Waals surface area contributed by atoms with Gasteiger partial charge in [-0.2, -0.15) is 0 Å². The average molecular weight is 406 g/mol. The van der Waals surface area contributed by atoms with Crippen molar-refractivity contribution in [1.82, 2.24) is 9.55 Å². The molecule has 0 unspecified atom stereocenters. The molecule has 156 valence electrons. The van der Waals surface area contributed by atoms with E-state index in [4.69, 9.17) is 20.9 Å². The van der Waals surface area contributed by atoms with E-state index in [1.165, 1.54) is 0 Å².